The molecule has 5 nitrogen and oxygen atoms in total. The number of methoxy groups -OCH3 is 1. The number of benzene rings is 1. The highest BCUT2D eigenvalue weighted by Gasteiger charge is 2.21. The van der Waals surface area contributed by atoms with Crippen LogP contribution in [0, 0.1) is 0 Å². The summed E-state index contributed by atoms with van der Waals surface area (Å²) in [5, 5.41) is 12.5. The predicted molar refractivity (Wildman–Crippen MR) is 97.0 cm³/mol. The number of nitrogens with zero attached hydrogens (tertiary/aromatic N) is 2. The van der Waals surface area contributed by atoms with Crippen LogP contribution < -0.4 is 4.74 Å². The Morgan fingerprint density at radius 3 is 2.71 bits per heavy atom. The van der Waals surface area contributed by atoms with Gasteiger partial charge in [0.1, 0.15) is 27.2 Å². The molecule has 24 heavy (non-hydrogen) atoms. The molecule has 3 rings (SSSR count). The Morgan fingerprint density at radius 2 is 2.08 bits per heavy atom. The fourth-order valence-electron chi connectivity index (χ4n) is 2.36. The molecule has 0 bridgehead atoms. The van der Waals surface area contributed by atoms with Crippen LogP contribution in [0.15, 0.2) is 41.0 Å². The summed E-state index contributed by atoms with van der Waals surface area (Å²) in [4.78, 5) is 20.9. The lowest BCUT2D eigenvalue weighted by Gasteiger charge is -2.10. The summed E-state index contributed by atoms with van der Waals surface area (Å²) in [6.45, 7) is 1.86. The van der Waals surface area contributed by atoms with E-state index in [2.05, 4.69) is 9.97 Å². The number of fused-ring (bicyclic) bond motifs is 1. The summed E-state index contributed by atoms with van der Waals surface area (Å²) < 4.78 is 5.20. The van der Waals surface area contributed by atoms with Crippen molar-refractivity contribution in [2.24, 2.45) is 0 Å². The highest BCUT2D eigenvalue weighted by atomic mass is 32.2. The molecule has 0 saturated heterocycles. The van der Waals surface area contributed by atoms with Crippen molar-refractivity contribution < 1.29 is 14.6 Å². The van der Waals surface area contributed by atoms with Crippen molar-refractivity contribution >= 4 is 39.3 Å². The molecule has 1 N–H and O–H groups in total. The molecule has 0 aliphatic carbocycles. The third-order valence-corrected chi connectivity index (χ3v) is 5.88. The predicted octanol–water partition coefficient (Wildman–Crippen LogP) is 4.32. The number of rotatable bonds is 6. The van der Waals surface area contributed by atoms with Crippen molar-refractivity contribution in [3.63, 3.8) is 0 Å². The smallest absolute Gasteiger partial charge is 0.317 e. The number of thiophene rings is 1. The second-order valence-corrected chi connectivity index (χ2v) is 7.14. The molecule has 0 spiro atoms. The van der Waals surface area contributed by atoms with Gasteiger partial charge in [-0.15, -0.1) is 11.3 Å². The average molecular weight is 360 g/mol. The number of ether oxygens (including phenoxy) is 1. The van der Waals surface area contributed by atoms with E-state index in [0.717, 1.165) is 27.1 Å². The van der Waals surface area contributed by atoms with Gasteiger partial charge in [-0.05, 0) is 24.1 Å². The Bertz CT molecular complexity index is 862. The monoisotopic (exact) mass is 360 g/mol. The van der Waals surface area contributed by atoms with E-state index in [1.807, 2.05) is 36.6 Å². The lowest BCUT2D eigenvalue weighted by atomic mass is 10.1. The Labute approximate surface area is 147 Å². The van der Waals surface area contributed by atoms with Crippen LogP contribution in [0.4, 0.5) is 0 Å². The van der Waals surface area contributed by atoms with E-state index in [1.165, 1.54) is 29.4 Å². The summed E-state index contributed by atoms with van der Waals surface area (Å²) in [6, 6.07) is 7.77. The summed E-state index contributed by atoms with van der Waals surface area (Å²) in [7, 11) is 1.63. The molecule has 1 atom stereocenters. The van der Waals surface area contributed by atoms with Gasteiger partial charge in [0.25, 0.3) is 0 Å². The lowest BCUT2D eigenvalue weighted by Crippen LogP contribution is -2.15. The zero-order chi connectivity index (χ0) is 17.1. The average Bonchev–Trinajstić information content (AvgIpc) is 3.04. The first-order valence-corrected chi connectivity index (χ1v) is 9.16. The Balaban J connectivity index is 2.07. The van der Waals surface area contributed by atoms with Crippen molar-refractivity contribution in [1.82, 2.24) is 9.97 Å². The fraction of sp³-hybridized carbons (Fsp3) is 0.235. The SMILES string of the molecule is CCC(Sc1ncnc2scc(-c3ccc(OC)cc3)c12)C(=O)O. The quantitative estimate of drug-likeness (QED) is 0.521. The normalized spacial score (nSPS) is 12.2. The van der Waals surface area contributed by atoms with E-state index >= 15 is 0 Å². The van der Waals surface area contributed by atoms with Crippen molar-refractivity contribution in [3.8, 4) is 16.9 Å². The number of carboxylic acids is 1. The molecule has 3 aromatic rings. The minimum absolute atomic E-state index is 0.522. The molecule has 0 aliphatic heterocycles. The summed E-state index contributed by atoms with van der Waals surface area (Å²) >= 11 is 2.81. The van der Waals surface area contributed by atoms with Gasteiger partial charge in [0, 0.05) is 10.9 Å². The second-order valence-electron chi connectivity index (χ2n) is 5.09. The van der Waals surface area contributed by atoms with Gasteiger partial charge in [0.05, 0.1) is 12.5 Å². The molecule has 1 unspecified atom stereocenters. The van der Waals surface area contributed by atoms with E-state index in [-0.39, 0.29) is 0 Å². The van der Waals surface area contributed by atoms with E-state index in [0.29, 0.717) is 11.4 Å². The Morgan fingerprint density at radius 1 is 1.33 bits per heavy atom. The molecular formula is C17H16N2O3S2. The number of thioether (sulfide) groups is 1. The topological polar surface area (TPSA) is 72.3 Å². The molecular weight excluding hydrogens is 344 g/mol. The molecule has 7 heteroatoms. The van der Waals surface area contributed by atoms with Crippen LogP contribution >= 0.6 is 23.1 Å². The van der Waals surface area contributed by atoms with Gasteiger partial charge in [-0.25, -0.2) is 9.97 Å². The zero-order valence-electron chi connectivity index (χ0n) is 13.2. The maximum Gasteiger partial charge on any atom is 0.317 e. The van der Waals surface area contributed by atoms with Crippen molar-refractivity contribution in [2.45, 2.75) is 23.6 Å². The van der Waals surface area contributed by atoms with Crippen LogP contribution in [0.25, 0.3) is 21.3 Å². The summed E-state index contributed by atoms with van der Waals surface area (Å²) in [5.41, 5.74) is 2.04. The summed E-state index contributed by atoms with van der Waals surface area (Å²) in [6.07, 6.45) is 2.03. The van der Waals surface area contributed by atoms with Gasteiger partial charge in [-0.1, -0.05) is 30.8 Å². The standard InChI is InChI=1S/C17H16N2O3S2/c1-3-13(17(20)21)24-16-14-12(8-23-15(14)18-9-19-16)10-4-6-11(22-2)7-5-10/h4-9,13H,3H2,1-2H3,(H,20,21). The number of carboxylic acid groups (broad SMARTS) is 1. The molecule has 1 aromatic carbocycles. The summed E-state index contributed by atoms with van der Waals surface area (Å²) in [5.74, 6) is -0.0310. The van der Waals surface area contributed by atoms with Crippen molar-refractivity contribution in [2.75, 3.05) is 7.11 Å². The molecule has 2 heterocycles. The first-order chi connectivity index (χ1) is 11.6. The minimum atomic E-state index is -0.824. The van der Waals surface area contributed by atoms with E-state index in [9.17, 15) is 9.90 Å². The number of aromatic nitrogens is 2. The minimum Gasteiger partial charge on any atom is -0.497 e. The van der Waals surface area contributed by atoms with Crippen molar-refractivity contribution in [1.29, 1.82) is 0 Å². The number of carbonyl (C=O) groups is 1. The van der Waals surface area contributed by atoms with Crippen LogP contribution in [-0.4, -0.2) is 33.4 Å². The third kappa shape index (κ3) is 3.22. The Hall–Kier alpha value is -2.12. The van der Waals surface area contributed by atoms with Crippen LogP contribution in [0.3, 0.4) is 0 Å². The maximum absolute atomic E-state index is 11.4. The van der Waals surface area contributed by atoms with Crippen LogP contribution in [0.2, 0.25) is 0 Å². The zero-order valence-corrected chi connectivity index (χ0v) is 14.9. The van der Waals surface area contributed by atoms with Gasteiger partial charge < -0.3 is 9.84 Å². The van der Waals surface area contributed by atoms with Gasteiger partial charge >= 0.3 is 5.97 Å². The van der Waals surface area contributed by atoms with Gasteiger partial charge in [0.15, 0.2) is 0 Å². The molecule has 0 amide bonds. The van der Waals surface area contributed by atoms with Gasteiger partial charge in [-0.3, -0.25) is 4.79 Å². The van der Waals surface area contributed by atoms with E-state index in [1.54, 1.807) is 7.11 Å². The van der Waals surface area contributed by atoms with Crippen LogP contribution in [0.5, 0.6) is 5.75 Å². The molecule has 124 valence electrons. The molecule has 0 saturated carbocycles. The van der Waals surface area contributed by atoms with E-state index in [4.69, 9.17) is 4.74 Å². The highest BCUT2D eigenvalue weighted by Crippen LogP contribution is 2.39. The lowest BCUT2D eigenvalue weighted by molar-refractivity contribution is -0.136. The maximum atomic E-state index is 11.4. The molecule has 0 radical (unpaired) electrons. The first kappa shape index (κ1) is 16.7. The molecule has 0 fully saturated rings. The fourth-order valence-corrected chi connectivity index (χ4v) is 4.31. The van der Waals surface area contributed by atoms with Gasteiger partial charge in [-0.2, -0.15) is 0 Å². The first-order valence-electron chi connectivity index (χ1n) is 7.40. The van der Waals surface area contributed by atoms with Crippen LogP contribution in [-0.2, 0) is 4.79 Å². The third-order valence-electron chi connectivity index (χ3n) is 3.64. The van der Waals surface area contributed by atoms with Crippen LogP contribution in [0.1, 0.15) is 13.3 Å². The van der Waals surface area contributed by atoms with Crippen molar-refractivity contribution in [3.05, 3.63) is 36.0 Å². The molecule has 0 aliphatic rings. The highest BCUT2D eigenvalue weighted by molar-refractivity contribution is 8.00. The second kappa shape index (κ2) is 7.19. The number of hydrogen-bond acceptors (Lipinski definition) is 6. The Kier molecular flexibility index (Phi) is 5.01. The number of hydrogen-bond donors (Lipinski definition) is 1. The number of aliphatic carboxylic acids is 1. The van der Waals surface area contributed by atoms with Gasteiger partial charge in [0.2, 0.25) is 0 Å². The molecule has 2 aromatic heterocycles. The van der Waals surface area contributed by atoms with E-state index < -0.39 is 11.2 Å². The largest absolute Gasteiger partial charge is 0.497 e.